The Morgan fingerprint density at radius 2 is 2.35 bits per heavy atom. The minimum absolute atomic E-state index is 0.261. The zero-order chi connectivity index (χ0) is 12.8. The number of carbonyl (C=O) groups is 1. The van der Waals surface area contributed by atoms with Crippen LogP contribution in [0.2, 0.25) is 5.02 Å². The maximum Gasteiger partial charge on any atom is 0.253 e. The van der Waals surface area contributed by atoms with Gasteiger partial charge in [0.25, 0.3) is 5.91 Å². The number of halogens is 1. The molecule has 0 saturated carbocycles. The Balaban J connectivity index is 2.83. The van der Waals surface area contributed by atoms with E-state index >= 15 is 0 Å². The Morgan fingerprint density at radius 3 is 2.94 bits per heavy atom. The first-order valence-electron chi connectivity index (χ1n) is 5.41. The summed E-state index contributed by atoms with van der Waals surface area (Å²) in [5.41, 5.74) is 6.36. The van der Waals surface area contributed by atoms with Crippen LogP contribution in [0.1, 0.15) is 30.1 Å². The number of terminal acetylenes is 1. The number of nitrogens with two attached hydrogens (primary N) is 1. The van der Waals surface area contributed by atoms with Crippen molar-refractivity contribution in [2.24, 2.45) is 0 Å². The largest absolute Gasteiger partial charge is 0.398 e. The van der Waals surface area contributed by atoms with Gasteiger partial charge in [0, 0.05) is 0 Å². The third-order valence-corrected chi connectivity index (χ3v) is 2.78. The summed E-state index contributed by atoms with van der Waals surface area (Å²) in [6, 6.07) is 4.67. The van der Waals surface area contributed by atoms with E-state index in [0.717, 1.165) is 12.8 Å². The predicted octanol–water partition coefficient (Wildman–Crippen LogP) is 2.45. The molecule has 1 amide bonds. The molecule has 1 atom stereocenters. The Hall–Kier alpha value is -1.66. The third-order valence-electron chi connectivity index (χ3n) is 2.36. The molecule has 0 heterocycles. The lowest BCUT2D eigenvalue weighted by Gasteiger charge is -2.13. The van der Waals surface area contributed by atoms with Crippen LogP contribution in [0.25, 0.3) is 0 Å². The predicted molar refractivity (Wildman–Crippen MR) is 70.9 cm³/mol. The van der Waals surface area contributed by atoms with Crippen molar-refractivity contribution in [2.45, 2.75) is 25.8 Å². The minimum atomic E-state index is -0.293. The normalized spacial score (nSPS) is 11.6. The van der Waals surface area contributed by atoms with E-state index in [4.69, 9.17) is 23.8 Å². The molecule has 1 unspecified atom stereocenters. The molecule has 0 radical (unpaired) electrons. The summed E-state index contributed by atoms with van der Waals surface area (Å²) in [6.07, 6.45) is 6.97. The highest BCUT2D eigenvalue weighted by atomic mass is 35.5. The monoisotopic (exact) mass is 250 g/mol. The lowest BCUT2D eigenvalue weighted by molar-refractivity contribution is 0.0944. The molecule has 90 valence electrons. The standard InChI is InChI=1S/C13H15ClN2O/c1-3-6-9(4-2)16-13(17)10-7-5-8-11(15)12(10)14/h2,5,7-9H,3,6,15H2,1H3,(H,16,17). The smallest absolute Gasteiger partial charge is 0.253 e. The number of rotatable bonds is 4. The van der Waals surface area contributed by atoms with Crippen LogP contribution in [-0.2, 0) is 0 Å². The second-order valence-corrected chi connectivity index (χ2v) is 4.07. The maximum absolute atomic E-state index is 11.9. The number of carbonyl (C=O) groups excluding carboxylic acids is 1. The summed E-state index contributed by atoms with van der Waals surface area (Å²) in [5, 5.41) is 3.00. The number of anilines is 1. The van der Waals surface area contributed by atoms with Crippen LogP contribution in [-0.4, -0.2) is 11.9 Å². The van der Waals surface area contributed by atoms with Crippen molar-refractivity contribution in [3.63, 3.8) is 0 Å². The van der Waals surface area contributed by atoms with Crippen molar-refractivity contribution >= 4 is 23.2 Å². The average Bonchev–Trinajstić information content (AvgIpc) is 2.31. The van der Waals surface area contributed by atoms with E-state index < -0.39 is 0 Å². The molecule has 3 nitrogen and oxygen atoms in total. The molecular formula is C13H15ClN2O. The lowest BCUT2D eigenvalue weighted by Crippen LogP contribution is -2.33. The van der Waals surface area contributed by atoms with Gasteiger partial charge in [-0.1, -0.05) is 36.9 Å². The molecular weight excluding hydrogens is 236 g/mol. The van der Waals surface area contributed by atoms with Gasteiger partial charge in [-0.05, 0) is 18.6 Å². The van der Waals surface area contributed by atoms with E-state index in [1.165, 1.54) is 0 Å². The van der Waals surface area contributed by atoms with E-state index in [2.05, 4.69) is 11.2 Å². The Kier molecular flexibility index (Phi) is 4.86. The van der Waals surface area contributed by atoms with Gasteiger partial charge in [0.05, 0.1) is 22.3 Å². The molecule has 3 N–H and O–H groups in total. The first-order chi connectivity index (χ1) is 8.10. The fraction of sp³-hybridized carbons (Fsp3) is 0.308. The molecule has 0 fully saturated rings. The number of benzene rings is 1. The molecule has 4 heteroatoms. The van der Waals surface area contributed by atoms with E-state index in [-0.39, 0.29) is 17.0 Å². The van der Waals surface area contributed by atoms with Gasteiger partial charge in [0.1, 0.15) is 0 Å². The summed E-state index contributed by atoms with van der Waals surface area (Å²) in [4.78, 5) is 11.9. The number of hydrogen-bond acceptors (Lipinski definition) is 2. The SMILES string of the molecule is C#CC(CCC)NC(=O)c1cccc(N)c1Cl. The maximum atomic E-state index is 11.9. The van der Waals surface area contributed by atoms with Crippen LogP contribution in [0.3, 0.4) is 0 Å². The highest BCUT2D eigenvalue weighted by Crippen LogP contribution is 2.22. The second kappa shape index (κ2) is 6.17. The molecule has 17 heavy (non-hydrogen) atoms. The van der Waals surface area contributed by atoms with Gasteiger partial charge in [-0.3, -0.25) is 4.79 Å². The first kappa shape index (κ1) is 13.4. The van der Waals surface area contributed by atoms with Crippen molar-refractivity contribution in [3.05, 3.63) is 28.8 Å². The summed E-state index contributed by atoms with van der Waals surface area (Å²) in [7, 11) is 0. The summed E-state index contributed by atoms with van der Waals surface area (Å²) >= 11 is 5.95. The molecule has 1 aromatic carbocycles. The van der Waals surface area contributed by atoms with Crippen LogP contribution in [0.15, 0.2) is 18.2 Å². The summed E-state index contributed by atoms with van der Waals surface area (Å²) in [5.74, 6) is 2.24. The fourth-order valence-corrected chi connectivity index (χ4v) is 1.66. The van der Waals surface area contributed by atoms with Gasteiger partial charge in [-0.15, -0.1) is 6.42 Å². The van der Waals surface area contributed by atoms with Crippen molar-refractivity contribution in [3.8, 4) is 12.3 Å². The Labute approximate surface area is 106 Å². The molecule has 0 aromatic heterocycles. The van der Waals surface area contributed by atoms with Gasteiger partial charge in [0.15, 0.2) is 0 Å². The molecule has 0 aliphatic carbocycles. The van der Waals surface area contributed by atoms with E-state index in [1.54, 1.807) is 18.2 Å². The van der Waals surface area contributed by atoms with E-state index in [0.29, 0.717) is 11.3 Å². The second-order valence-electron chi connectivity index (χ2n) is 3.69. The van der Waals surface area contributed by atoms with Gasteiger partial charge in [-0.2, -0.15) is 0 Å². The molecule has 0 bridgehead atoms. The average molecular weight is 251 g/mol. The lowest BCUT2D eigenvalue weighted by atomic mass is 10.1. The van der Waals surface area contributed by atoms with Gasteiger partial charge >= 0.3 is 0 Å². The Bertz CT molecular complexity index is 451. The molecule has 0 saturated heterocycles. The minimum Gasteiger partial charge on any atom is -0.398 e. The highest BCUT2D eigenvalue weighted by Gasteiger charge is 2.14. The van der Waals surface area contributed by atoms with Crippen molar-refractivity contribution < 1.29 is 4.79 Å². The molecule has 0 aliphatic heterocycles. The zero-order valence-corrected chi connectivity index (χ0v) is 10.4. The van der Waals surface area contributed by atoms with Crippen molar-refractivity contribution in [2.75, 3.05) is 5.73 Å². The third kappa shape index (κ3) is 3.40. The quantitative estimate of drug-likeness (QED) is 0.637. The number of amides is 1. The van der Waals surface area contributed by atoms with Crippen LogP contribution in [0.4, 0.5) is 5.69 Å². The number of nitrogen functional groups attached to an aromatic ring is 1. The summed E-state index contributed by atoms with van der Waals surface area (Å²) < 4.78 is 0. The highest BCUT2D eigenvalue weighted by molar-refractivity contribution is 6.36. The van der Waals surface area contributed by atoms with Gasteiger partial charge in [-0.25, -0.2) is 0 Å². The molecule has 0 aliphatic rings. The fourth-order valence-electron chi connectivity index (χ4n) is 1.45. The first-order valence-corrected chi connectivity index (χ1v) is 5.79. The van der Waals surface area contributed by atoms with E-state index in [1.807, 2.05) is 6.92 Å². The number of nitrogens with one attached hydrogen (secondary N) is 1. The molecule has 1 rings (SSSR count). The van der Waals surface area contributed by atoms with Gasteiger partial charge in [0.2, 0.25) is 0 Å². The number of hydrogen-bond donors (Lipinski definition) is 2. The van der Waals surface area contributed by atoms with Crippen LogP contribution < -0.4 is 11.1 Å². The van der Waals surface area contributed by atoms with Gasteiger partial charge < -0.3 is 11.1 Å². The zero-order valence-electron chi connectivity index (χ0n) is 9.66. The topological polar surface area (TPSA) is 55.1 Å². The summed E-state index contributed by atoms with van der Waals surface area (Å²) in [6.45, 7) is 2.00. The van der Waals surface area contributed by atoms with Crippen LogP contribution in [0, 0.1) is 12.3 Å². The van der Waals surface area contributed by atoms with E-state index in [9.17, 15) is 4.79 Å². The molecule has 0 spiro atoms. The van der Waals surface area contributed by atoms with Crippen molar-refractivity contribution in [1.82, 2.24) is 5.32 Å². The van der Waals surface area contributed by atoms with Crippen LogP contribution >= 0.6 is 11.6 Å². The van der Waals surface area contributed by atoms with Crippen molar-refractivity contribution in [1.29, 1.82) is 0 Å². The Morgan fingerprint density at radius 1 is 1.65 bits per heavy atom. The molecule has 1 aromatic rings. The van der Waals surface area contributed by atoms with Crippen LogP contribution in [0.5, 0.6) is 0 Å².